The van der Waals surface area contributed by atoms with Gasteiger partial charge in [-0.2, -0.15) is 9.67 Å². The van der Waals surface area contributed by atoms with Crippen LogP contribution >= 0.6 is 11.6 Å². The lowest BCUT2D eigenvalue weighted by atomic mass is 10.3. The average molecular weight is 254 g/mol. The minimum atomic E-state index is -0.274. The summed E-state index contributed by atoms with van der Waals surface area (Å²) >= 11 is 5.73. The molecule has 90 valence electrons. The molecule has 0 saturated carbocycles. The molecule has 2 rings (SSSR count). The second kappa shape index (κ2) is 4.64. The van der Waals surface area contributed by atoms with Crippen molar-refractivity contribution in [2.24, 2.45) is 5.73 Å². The van der Waals surface area contributed by atoms with Crippen LogP contribution in [-0.2, 0) is 0 Å². The Morgan fingerprint density at radius 3 is 2.59 bits per heavy atom. The first-order chi connectivity index (χ1) is 8.11. The molecule has 2 aromatic rings. The van der Waals surface area contributed by atoms with Gasteiger partial charge in [-0.05, 0) is 6.92 Å². The molecule has 0 radical (unpaired) electrons. The molecular formula is C9H12ClN7. The average Bonchev–Trinajstić information content (AvgIpc) is 2.74. The molecule has 1 unspecified atom stereocenters. The fourth-order valence-corrected chi connectivity index (χ4v) is 1.38. The lowest BCUT2D eigenvalue weighted by Crippen LogP contribution is -2.15. The van der Waals surface area contributed by atoms with Crippen LogP contribution in [0.2, 0.25) is 5.02 Å². The van der Waals surface area contributed by atoms with Crippen LogP contribution in [-0.4, -0.2) is 31.8 Å². The fourth-order valence-electron chi connectivity index (χ4n) is 1.29. The Kier molecular flexibility index (Phi) is 3.21. The summed E-state index contributed by atoms with van der Waals surface area (Å²) in [7, 11) is 1.73. The van der Waals surface area contributed by atoms with Gasteiger partial charge in [0.15, 0.2) is 5.82 Å². The van der Waals surface area contributed by atoms with Crippen LogP contribution in [0.15, 0.2) is 12.4 Å². The van der Waals surface area contributed by atoms with Crippen LogP contribution in [0, 0.1) is 0 Å². The van der Waals surface area contributed by atoms with E-state index in [1.54, 1.807) is 7.05 Å². The Morgan fingerprint density at radius 2 is 2.06 bits per heavy atom. The van der Waals surface area contributed by atoms with E-state index in [1.165, 1.54) is 17.1 Å². The van der Waals surface area contributed by atoms with Crippen LogP contribution in [0.1, 0.15) is 18.8 Å². The molecule has 3 N–H and O–H groups in total. The number of hydrogen-bond acceptors (Lipinski definition) is 6. The van der Waals surface area contributed by atoms with E-state index < -0.39 is 0 Å². The van der Waals surface area contributed by atoms with E-state index in [4.69, 9.17) is 17.3 Å². The van der Waals surface area contributed by atoms with Crippen molar-refractivity contribution in [2.45, 2.75) is 13.0 Å². The first-order valence-corrected chi connectivity index (χ1v) is 5.38. The SMILES string of the molecule is CNc1nc(C(C)N)n(-c2ncc(Cl)cn2)n1. The van der Waals surface area contributed by atoms with Crippen LogP contribution in [0.25, 0.3) is 5.95 Å². The van der Waals surface area contributed by atoms with Crippen molar-refractivity contribution in [3.63, 3.8) is 0 Å². The summed E-state index contributed by atoms with van der Waals surface area (Å²) in [6, 6.07) is -0.274. The van der Waals surface area contributed by atoms with Crippen molar-refractivity contribution in [2.75, 3.05) is 12.4 Å². The maximum Gasteiger partial charge on any atom is 0.252 e. The van der Waals surface area contributed by atoms with Crippen molar-refractivity contribution >= 4 is 17.5 Å². The summed E-state index contributed by atoms with van der Waals surface area (Å²) in [4.78, 5) is 12.4. The second-order valence-electron chi connectivity index (χ2n) is 3.45. The third-order valence-corrected chi connectivity index (χ3v) is 2.25. The number of anilines is 1. The Hall–Kier alpha value is -1.73. The molecule has 0 bridgehead atoms. The Labute approximate surface area is 103 Å². The largest absolute Gasteiger partial charge is 0.356 e. The number of aromatic nitrogens is 5. The minimum Gasteiger partial charge on any atom is -0.356 e. The summed E-state index contributed by atoms with van der Waals surface area (Å²) in [5.74, 6) is 1.43. The number of halogens is 1. The van der Waals surface area contributed by atoms with Gasteiger partial charge in [0.2, 0.25) is 5.95 Å². The van der Waals surface area contributed by atoms with Gasteiger partial charge < -0.3 is 11.1 Å². The van der Waals surface area contributed by atoms with Crippen molar-refractivity contribution in [1.29, 1.82) is 0 Å². The second-order valence-corrected chi connectivity index (χ2v) is 3.88. The van der Waals surface area contributed by atoms with Gasteiger partial charge in [-0.15, -0.1) is 5.10 Å². The van der Waals surface area contributed by atoms with Crippen molar-refractivity contribution in [3.8, 4) is 5.95 Å². The van der Waals surface area contributed by atoms with Gasteiger partial charge in [0, 0.05) is 7.05 Å². The molecule has 0 spiro atoms. The predicted molar refractivity (Wildman–Crippen MR) is 64.1 cm³/mol. The Bertz CT molecular complexity index is 505. The van der Waals surface area contributed by atoms with Crippen molar-refractivity contribution in [1.82, 2.24) is 24.7 Å². The molecule has 0 fully saturated rings. The highest BCUT2D eigenvalue weighted by atomic mass is 35.5. The molecule has 0 aliphatic carbocycles. The molecule has 1 atom stereocenters. The van der Waals surface area contributed by atoms with Crippen LogP contribution < -0.4 is 11.1 Å². The Balaban J connectivity index is 2.49. The standard InChI is InChI=1S/C9H12ClN7/c1-5(11)7-15-8(12-2)16-17(7)9-13-3-6(10)4-14-9/h3-5H,11H2,1-2H3,(H,12,16). The summed E-state index contributed by atoms with van der Waals surface area (Å²) in [6.45, 7) is 1.82. The number of nitrogens with two attached hydrogens (primary N) is 1. The van der Waals surface area contributed by atoms with Crippen LogP contribution in [0.5, 0.6) is 0 Å². The van der Waals surface area contributed by atoms with E-state index in [-0.39, 0.29) is 6.04 Å². The van der Waals surface area contributed by atoms with E-state index in [1.807, 2.05) is 6.92 Å². The van der Waals surface area contributed by atoms with Gasteiger partial charge in [0.25, 0.3) is 5.95 Å². The molecule has 0 aliphatic heterocycles. The van der Waals surface area contributed by atoms with Crippen molar-refractivity contribution in [3.05, 3.63) is 23.2 Å². The van der Waals surface area contributed by atoms with Crippen LogP contribution in [0.4, 0.5) is 5.95 Å². The summed E-state index contributed by atoms with van der Waals surface area (Å²) in [5, 5.41) is 7.50. The highest BCUT2D eigenvalue weighted by Gasteiger charge is 2.15. The summed E-state index contributed by atoms with van der Waals surface area (Å²) in [6.07, 6.45) is 2.99. The third-order valence-electron chi connectivity index (χ3n) is 2.06. The molecule has 7 nitrogen and oxygen atoms in total. The van der Waals surface area contributed by atoms with E-state index in [0.29, 0.717) is 22.7 Å². The first kappa shape index (κ1) is 11.7. The molecular weight excluding hydrogens is 242 g/mol. The number of nitrogens with zero attached hydrogens (tertiary/aromatic N) is 5. The van der Waals surface area contributed by atoms with Crippen molar-refractivity contribution < 1.29 is 0 Å². The van der Waals surface area contributed by atoms with Gasteiger partial charge in [0.05, 0.1) is 23.5 Å². The molecule has 0 aromatic carbocycles. The molecule has 2 heterocycles. The fraction of sp³-hybridized carbons (Fsp3) is 0.333. The molecule has 0 aliphatic rings. The smallest absolute Gasteiger partial charge is 0.252 e. The zero-order valence-corrected chi connectivity index (χ0v) is 10.2. The minimum absolute atomic E-state index is 0.274. The van der Waals surface area contributed by atoms with E-state index in [0.717, 1.165) is 0 Å². The lowest BCUT2D eigenvalue weighted by molar-refractivity contribution is 0.669. The zero-order chi connectivity index (χ0) is 12.4. The van der Waals surface area contributed by atoms with Crippen LogP contribution in [0.3, 0.4) is 0 Å². The van der Waals surface area contributed by atoms with Gasteiger partial charge >= 0.3 is 0 Å². The van der Waals surface area contributed by atoms with E-state index >= 15 is 0 Å². The normalized spacial score (nSPS) is 12.5. The lowest BCUT2D eigenvalue weighted by Gasteiger charge is -2.05. The number of nitrogens with one attached hydrogen (secondary N) is 1. The molecule has 0 amide bonds. The molecule has 17 heavy (non-hydrogen) atoms. The summed E-state index contributed by atoms with van der Waals surface area (Å²) < 4.78 is 1.49. The topological polar surface area (TPSA) is 94.5 Å². The monoisotopic (exact) mass is 253 g/mol. The molecule has 8 heteroatoms. The maximum absolute atomic E-state index is 5.82. The highest BCUT2D eigenvalue weighted by molar-refractivity contribution is 6.30. The number of hydrogen-bond donors (Lipinski definition) is 2. The van der Waals surface area contributed by atoms with Gasteiger partial charge in [-0.1, -0.05) is 11.6 Å². The first-order valence-electron chi connectivity index (χ1n) is 5.00. The quantitative estimate of drug-likeness (QED) is 0.839. The third kappa shape index (κ3) is 2.34. The predicted octanol–water partition coefficient (Wildman–Crippen LogP) is 0.772. The molecule has 0 saturated heterocycles. The van der Waals surface area contributed by atoms with Gasteiger partial charge in [-0.3, -0.25) is 0 Å². The van der Waals surface area contributed by atoms with Gasteiger partial charge in [0.1, 0.15) is 0 Å². The maximum atomic E-state index is 5.82. The Morgan fingerprint density at radius 1 is 1.41 bits per heavy atom. The molecule has 2 aromatic heterocycles. The van der Waals surface area contributed by atoms with E-state index in [9.17, 15) is 0 Å². The number of rotatable bonds is 3. The highest BCUT2D eigenvalue weighted by Crippen LogP contribution is 2.14. The zero-order valence-electron chi connectivity index (χ0n) is 9.42. The summed E-state index contributed by atoms with van der Waals surface area (Å²) in [5.41, 5.74) is 5.82. The van der Waals surface area contributed by atoms with E-state index in [2.05, 4.69) is 25.4 Å². The van der Waals surface area contributed by atoms with Gasteiger partial charge in [-0.25, -0.2) is 9.97 Å².